The highest BCUT2D eigenvalue weighted by atomic mass is 19.2. The van der Waals surface area contributed by atoms with Crippen molar-refractivity contribution in [1.29, 1.82) is 0 Å². The third-order valence-corrected chi connectivity index (χ3v) is 4.49. The number of pyridine rings is 1. The lowest BCUT2D eigenvalue weighted by atomic mass is 9.86. The lowest BCUT2D eigenvalue weighted by molar-refractivity contribution is 0.0452. The van der Waals surface area contributed by atoms with Crippen LogP contribution in [-0.2, 0) is 0 Å². The zero-order valence-electron chi connectivity index (χ0n) is 13.2. The maximum atomic E-state index is 14.0. The van der Waals surface area contributed by atoms with Crippen LogP contribution < -0.4 is 10.2 Å². The number of hydrogen-bond donors (Lipinski definition) is 2. The lowest BCUT2D eigenvalue weighted by Crippen LogP contribution is -2.58. The zero-order valence-corrected chi connectivity index (χ0v) is 13.2. The third kappa shape index (κ3) is 2.71. The summed E-state index contributed by atoms with van der Waals surface area (Å²) in [6, 6.07) is 9.45. The molecule has 4 rings (SSSR count). The number of urea groups is 1. The Morgan fingerprint density at radius 3 is 2.80 bits per heavy atom. The lowest BCUT2D eigenvalue weighted by Gasteiger charge is -2.42. The molecule has 2 N–H and O–H groups in total. The van der Waals surface area contributed by atoms with Crippen molar-refractivity contribution in [2.24, 2.45) is 0 Å². The van der Waals surface area contributed by atoms with Crippen molar-refractivity contribution in [3.63, 3.8) is 0 Å². The molecule has 2 heterocycles. The van der Waals surface area contributed by atoms with Gasteiger partial charge in [-0.25, -0.2) is 13.6 Å². The minimum atomic E-state index is -1.70. The second-order valence-corrected chi connectivity index (χ2v) is 6.02. The summed E-state index contributed by atoms with van der Waals surface area (Å²) >= 11 is 0. The van der Waals surface area contributed by atoms with Crippen molar-refractivity contribution in [2.45, 2.75) is 24.8 Å². The molecule has 3 aromatic rings. The average molecular weight is 342 g/mol. The number of benzene rings is 1. The third-order valence-electron chi connectivity index (χ3n) is 4.49. The first kappa shape index (κ1) is 15.6. The molecule has 7 heteroatoms. The van der Waals surface area contributed by atoms with E-state index in [9.17, 15) is 13.6 Å². The van der Waals surface area contributed by atoms with Crippen molar-refractivity contribution >= 4 is 28.3 Å². The summed E-state index contributed by atoms with van der Waals surface area (Å²) in [6.45, 7) is 0. The van der Waals surface area contributed by atoms with E-state index in [1.54, 1.807) is 24.5 Å². The highest BCUT2D eigenvalue weighted by Crippen LogP contribution is 2.35. The first-order valence-corrected chi connectivity index (χ1v) is 7.99. The molecule has 0 spiro atoms. The van der Waals surface area contributed by atoms with Crippen LogP contribution in [0.4, 0.5) is 25.0 Å². The summed E-state index contributed by atoms with van der Waals surface area (Å²) in [4.78, 5) is 21.1. The van der Waals surface area contributed by atoms with Gasteiger partial charge in [0.05, 0.1) is 23.6 Å². The van der Waals surface area contributed by atoms with Gasteiger partial charge in [0.2, 0.25) is 0 Å². The Balaban J connectivity index is 1.64. The molecular formula is C18H16F2N4O. The van der Waals surface area contributed by atoms with E-state index in [1.165, 1.54) is 11.1 Å². The fourth-order valence-corrected chi connectivity index (χ4v) is 3.09. The number of fused-ring (bicyclic) bond motifs is 1. The van der Waals surface area contributed by atoms with E-state index in [2.05, 4.69) is 15.3 Å². The van der Waals surface area contributed by atoms with Gasteiger partial charge in [-0.1, -0.05) is 18.2 Å². The van der Waals surface area contributed by atoms with Crippen molar-refractivity contribution in [3.8, 4) is 0 Å². The fourth-order valence-electron chi connectivity index (χ4n) is 3.09. The van der Waals surface area contributed by atoms with E-state index in [-0.39, 0.29) is 6.42 Å². The highest BCUT2D eigenvalue weighted by Gasteiger charge is 2.47. The molecule has 2 amide bonds. The van der Waals surface area contributed by atoms with Gasteiger partial charge in [0.1, 0.15) is 6.17 Å². The number of aromatic nitrogens is 2. The van der Waals surface area contributed by atoms with Gasteiger partial charge in [-0.05, 0) is 18.2 Å². The normalized spacial score (nSPS) is 22.4. The number of alkyl halides is 2. The number of carbonyl (C=O) groups excluding carboxylic acids is 1. The van der Waals surface area contributed by atoms with Gasteiger partial charge < -0.3 is 10.3 Å². The molecule has 25 heavy (non-hydrogen) atoms. The highest BCUT2D eigenvalue weighted by molar-refractivity contribution is 6.07. The smallest absolute Gasteiger partial charge is 0.326 e. The molecule has 128 valence electrons. The molecule has 0 aliphatic heterocycles. The minimum Gasteiger partial charge on any atom is -0.359 e. The van der Waals surface area contributed by atoms with Crippen LogP contribution in [0.2, 0.25) is 0 Å². The van der Waals surface area contributed by atoms with Gasteiger partial charge in [-0.15, -0.1) is 0 Å². The van der Waals surface area contributed by atoms with E-state index in [0.29, 0.717) is 11.4 Å². The largest absolute Gasteiger partial charge is 0.359 e. The SMILES string of the molecule is O=C(Nc1c[nH]c2ccccc12)N(c1cccnc1)C1CC(F)C1F. The van der Waals surface area contributed by atoms with Gasteiger partial charge in [-0.2, -0.15) is 0 Å². The predicted molar refractivity (Wildman–Crippen MR) is 92.2 cm³/mol. The van der Waals surface area contributed by atoms with Crippen molar-refractivity contribution < 1.29 is 13.6 Å². The second kappa shape index (κ2) is 6.16. The number of halogens is 2. The number of nitrogens with zero attached hydrogens (tertiary/aromatic N) is 2. The summed E-state index contributed by atoms with van der Waals surface area (Å²) in [5.74, 6) is 0. The molecule has 1 fully saturated rings. The van der Waals surface area contributed by atoms with Gasteiger partial charge >= 0.3 is 6.03 Å². The van der Waals surface area contributed by atoms with E-state index >= 15 is 0 Å². The van der Waals surface area contributed by atoms with E-state index in [0.717, 1.165) is 10.9 Å². The quantitative estimate of drug-likeness (QED) is 0.754. The maximum absolute atomic E-state index is 14.0. The average Bonchev–Trinajstić information content (AvgIpc) is 3.05. The molecule has 0 saturated heterocycles. The molecule has 1 aromatic carbocycles. The van der Waals surface area contributed by atoms with Crippen molar-refractivity contribution in [3.05, 3.63) is 55.0 Å². The van der Waals surface area contributed by atoms with E-state index in [1.807, 2.05) is 24.3 Å². The van der Waals surface area contributed by atoms with Gasteiger partial charge in [0, 0.05) is 29.7 Å². The van der Waals surface area contributed by atoms with Gasteiger partial charge in [-0.3, -0.25) is 9.88 Å². The Labute approximate surface area is 142 Å². The molecule has 2 aromatic heterocycles. The van der Waals surface area contributed by atoms with Crippen LogP contribution in [0.15, 0.2) is 55.0 Å². The first-order chi connectivity index (χ1) is 12.1. The van der Waals surface area contributed by atoms with Gasteiger partial charge in [0.15, 0.2) is 6.17 Å². The number of rotatable bonds is 3. The molecule has 0 bridgehead atoms. The molecule has 0 radical (unpaired) electrons. The molecule has 1 aliphatic carbocycles. The van der Waals surface area contributed by atoms with Gasteiger partial charge in [0.25, 0.3) is 0 Å². The number of anilines is 2. The first-order valence-electron chi connectivity index (χ1n) is 7.99. The van der Waals surface area contributed by atoms with Crippen LogP contribution in [0.3, 0.4) is 0 Å². The van der Waals surface area contributed by atoms with Crippen LogP contribution in [0.1, 0.15) is 6.42 Å². The Bertz CT molecular complexity index is 898. The molecule has 1 aliphatic rings. The Morgan fingerprint density at radius 2 is 2.08 bits per heavy atom. The minimum absolute atomic E-state index is 0.0304. The van der Waals surface area contributed by atoms with E-state index in [4.69, 9.17) is 0 Å². The molecule has 5 nitrogen and oxygen atoms in total. The Hall–Kier alpha value is -2.96. The zero-order chi connectivity index (χ0) is 17.4. The number of aromatic amines is 1. The molecule has 3 unspecified atom stereocenters. The summed E-state index contributed by atoms with van der Waals surface area (Å²) in [5.41, 5.74) is 1.89. The predicted octanol–water partition coefficient (Wildman–Crippen LogP) is 4.05. The van der Waals surface area contributed by atoms with Crippen molar-refractivity contribution in [2.75, 3.05) is 10.2 Å². The molecular weight excluding hydrogens is 326 g/mol. The summed E-state index contributed by atoms with van der Waals surface area (Å²) in [7, 11) is 0. The molecule has 1 saturated carbocycles. The van der Waals surface area contributed by atoms with Crippen LogP contribution >= 0.6 is 0 Å². The fraction of sp³-hybridized carbons (Fsp3) is 0.222. The number of carbonyl (C=O) groups is 1. The number of H-pyrrole nitrogens is 1. The summed E-state index contributed by atoms with van der Waals surface area (Å²) < 4.78 is 27.3. The van der Waals surface area contributed by atoms with Crippen LogP contribution in [0, 0.1) is 0 Å². The topological polar surface area (TPSA) is 61.0 Å². The van der Waals surface area contributed by atoms with Crippen molar-refractivity contribution in [1.82, 2.24) is 9.97 Å². The summed E-state index contributed by atoms with van der Waals surface area (Å²) in [6.07, 6.45) is 1.43. The monoisotopic (exact) mass is 342 g/mol. The number of nitrogens with one attached hydrogen (secondary N) is 2. The second-order valence-electron chi connectivity index (χ2n) is 6.02. The Kier molecular flexibility index (Phi) is 3.83. The molecule has 3 atom stereocenters. The van der Waals surface area contributed by atoms with E-state index < -0.39 is 24.4 Å². The number of hydrogen-bond acceptors (Lipinski definition) is 2. The number of amides is 2. The van der Waals surface area contributed by atoms with Crippen LogP contribution in [-0.4, -0.2) is 34.4 Å². The Morgan fingerprint density at radius 1 is 1.24 bits per heavy atom. The standard InChI is InChI=1S/C18H16F2N4O/c19-13-8-16(17(13)20)24(11-4-3-7-21-9-11)18(25)23-15-10-22-14-6-2-1-5-12(14)15/h1-7,9-10,13,16-17,22H,8H2,(H,23,25). The van der Waals surface area contributed by atoms with Crippen LogP contribution in [0.5, 0.6) is 0 Å². The van der Waals surface area contributed by atoms with Crippen LogP contribution in [0.25, 0.3) is 10.9 Å². The maximum Gasteiger partial charge on any atom is 0.326 e. The summed E-state index contributed by atoms with van der Waals surface area (Å²) in [5, 5.41) is 3.63. The number of para-hydroxylation sites is 1.